The van der Waals surface area contributed by atoms with Gasteiger partial charge in [-0.25, -0.2) is 4.39 Å². The highest BCUT2D eigenvalue weighted by molar-refractivity contribution is 6.36. The molecule has 2 aromatic carbocycles. The largest absolute Gasteiger partial charge is 0.461 e. The number of hydrogen-bond donors (Lipinski definition) is 0. The van der Waals surface area contributed by atoms with Gasteiger partial charge in [0.05, 0.1) is 10.9 Å². The molecule has 0 spiro atoms. The summed E-state index contributed by atoms with van der Waals surface area (Å²) in [4.78, 5) is 37.6. The second kappa shape index (κ2) is 13.5. The van der Waals surface area contributed by atoms with Crippen molar-refractivity contribution in [3.63, 3.8) is 0 Å². The maximum absolute atomic E-state index is 16.8. The van der Waals surface area contributed by atoms with Gasteiger partial charge >= 0.3 is 6.01 Å². The molecular formula is C38H40ClFN8O3. The van der Waals surface area contributed by atoms with Crippen molar-refractivity contribution < 1.29 is 18.4 Å². The highest BCUT2D eigenvalue weighted by Gasteiger charge is 2.45. The molecule has 0 aliphatic carbocycles. The number of likely N-dealkylation sites (tertiary alicyclic amines) is 1. The van der Waals surface area contributed by atoms with Crippen molar-refractivity contribution in [2.75, 3.05) is 51.3 Å². The van der Waals surface area contributed by atoms with Crippen molar-refractivity contribution in [3.05, 3.63) is 71.2 Å². The highest BCUT2D eigenvalue weighted by Crippen LogP contribution is 2.40. The van der Waals surface area contributed by atoms with Crippen LogP contribution in [0.4, 0.5) is 10.2 Å². The number of rotatable bonds is 10. The molecule has 51 heavy (non-hydrogen) atoms. The molecule has 3 aromatic heterocycles. The third-order valence-electron chi connectivity index (χ3n) is 10.5. The zero-order valence-corrected chi connectivity index (χ0v) is 29.7. The Morgan fingerprint density at radius 3 is 2.65 bits per heavy atom. The topological polar surface area (TPSA) is 114 Å². The monoisotopic (exact) mass is 710 g/mol. The van der Waals surface area contributed by atoms with E-state index in [4.69, 9.17) is 25.8 Å². The first-order valence-electron chi connectivity index (χ1n) is 17.6. The molecule has 6 heterocycles. The van der Waals surface area contributed by atoms with Crippen molar-refractivity contribution in [1.82, 2.24) is 34.9 Å². The van der Waals surface area contributed by atoms with E-state index < -0.39 is 5.82 Å². The molecule has 0 atom stereocenters. The average Bonchev–Trinajstić information content (AvgIpc) is 3.84. The van der Waals surface area contributed by atoms with E-state index in [1.165, 1.54) is 6.08 Å². The summed E-state index contributed by atoms with van der Waals surface area (Å²) in [6, 6.07) is 11.4. The Morgan fingerprint density at radius 1 is 1.14 bits per heavy atom. The zero-order chi connectivity index (χ0) is 35.3. The lowest BCUT2D eigenvalue weighted by Crippen LogP contribution is -2.53. The highest BCUT2D eigenvalue weighted by atomic mass is 35.5. The molecule has 264 valence electrons. The lowest BCUT2D eigenvalue weighted by atomic mass is 9.95. The molecule has 0 bridgehead atoms. The fraction of sp³-hybridized carbons (Fsp3) is 0.421. The minimum Gasteiger partial charge on any atom is -0.461 e. The minimum atomic E-state index is -0.558. The molecule has 3 aliphatic rings. The first-order chi connectivity index (χ1) is 24.7. The Morgan fingerprint density at radius 2 is 1.90 bits per heavy atom. The number of pyridine rings is 1. The van der Waals surface area contributed by atoms with E-state index in [1.807, 2.05) is 56.1 Å². The molecule has 0 N–H and O–H groups in total. The normalized spacial score (nSPS) is 17.6. The number of carbonyl (C=O) groups excluding carboxylic acids is 1. The van der Waals surface area contributed by atoms with E-state index in [1.54, 1.807) is 23.2 Å². The number of fused-ring (bicyclic) bond motifs is 3. The molecule has 3 aliphatic heterocycles. The van der Waals surface area contributed by atoms with Gasteiger partial charge in [0.2, 0.25) is 5.91 Å². The summed E-state index contributed by atoms with van der Waals surface area (Å²) < 4.78 is 28.4. The molecule has 3 saturated heterocycles. The van der Waals surface area contributed by atoms with Gasteiger partial charge in [-0.05, 0) is 50.2 Å². The molecular weight excluding hydrogens is 671 g/mol. The van der Waals surface area contributed by atoms with Gasteiger partial charge in [0, 0.05) is 72.8 Å². The van der Waals surface area contributed by atoms with Gasteiger partial charge in [0.1, 0.15) is 23.6 Å². The second-order valence-corrected chi connectivity index (χ2v) is 14.7. The first-order valence-corrected chi connectivity index (χ1v) is 18.0. The first kappa shape index (κ1) is 33.5. The van der Waals surface area contributed by atoms with E-state index in [0.29, 0.717) is 59.7 Å². The summed E-state index contributed by atoms with van der Waals surface area (Å²) in [6.45, 7) is 8.27. The average molecular weight is 711 g/mol. The molecule has 11 nitrogen and oxygen atoms in total. The number of aromatic nitrogens is 5. The van der Waals surface area contributed by atoms with Crippen LogP contribution in [0.25, 0.3) is 39.0 Å². The van der Waals surface area contributed by atoms with Crippen LogP contribution in [-0.4, -0.2) is 92.7 Å². The van der Waals surface area contributed by atoms with Crippen LogP contribution in [0.1, 0.15) is 57.2 Å². The lowest BCUT2D eigenvalue weighted by molar-refractivity contribution is -0.131. The van der Waals surface area contributed by atoms with Crippen LogP contribution in [0.3, 0.4) is 0 Å². The predicted octanol–water partition coefficient (Wildman–Crippen LogP) is 6.76. The van der Waals surface area contributed by atoms with Crippen LogP contribution < -0.4 is 9.64 Å². The summed E-state index contributed by atoms with van der Waals surface area (Å²) in [6.07, 6.45) is 9.06. The van der Waals surface area contributed by atoms with Gasteiger partial charge in [-0.15, -0.1) is 0 Å². The number of amides is 1. The number of hydrogen-bond acceptors (Lipinski definition) is 10. The van der Waals surface area contributed by atoms with E-state index in [0.717, 1.165) is 49.5 Å². The van der Waals surface area contributed by atoms with Crippen molar-refractivity contribution in [2.24, 2.45) is 5.92 Å². The number of nitrogens with zero attached hydrogens (tertiary/aromatic N) is 8. The molecule has 3 fully saturated rings. The summed E-state index contributed by atoms with van der Waals surface area (Å²) in [5.74, 6) is 1.06. The SMILES string of the molecule is CC(C)c1noc(/C=C/C(=O)N2CC(CN(C)c3nc(OCC45CCCN4CCC5)nc4c(F)c(-c5cccc6cccc(Cl)c56)ncc34)C2)n1. The van der Waals surface area contributed by atoms with E-state index in [-0.39, 0.29) is 40.5 Å². The molecule has 5 aromatic rings. The summed E-state index contributed by atoms with van der Waals surface area (Å²) in [7, 11) is 1.92. The van der Waals surface area contributed by atoms with Crippen LogP contribution in [-0.2, 0) is 4.79 Å². The maximum Gasteiger partial charge on any atom is 0.319 e. The molecule has 13 heteroatoms. The Labute approximate surface area is 300 Å². The van der Waals surface area contributed by atoms with Crippen molar-refractivity contribution >= 4 is 51.1 Å². The standard InChI is InChI=1S/C38H40ClFN8O3/c1-23(2)35-42-29(51-45-35)12-13-30(49)47-20-24(21-47)19-46(3)36-27-18-41-33(26-10-4-8-25-9-5-11-28(39)31(25)26)32(40)34(27)43-37(44-36)50-22-38-14-6-16-48(38)17-7-15-38/h4-5,8-13,18,23-24H,6-7,14-17,19-22H2,1-3H3/b13-12+. The Bertz CT molecular complexity index is 2130. The van der Waals surface area contributed by atoms with Gasteiger partial charge in [-0.3, -0.25) is 14.7 Å². The molecule has 0 saturated carbocycles. The zero-order valence-electron chi connectivity index (χ0n) is 29.0. The van der Waals surface area contributed by atoms with Gasteiger partial charge in [0.15, 0.2) is 11.6 Å². The van der Waals surface area contributed by atoms with Gasteiger partial charge in [0.25, 0.3) is 5.89 Å². The van der Waals surface area contributed by atoms with Gasteiger partial charge < -0.3 is 19.1 Å². The van der Waals surface area contributed by atoms with Crippen LogP contribution in [0, 0.1) is 11.7 Å². The van der Waals surface area contributed by atoms with Crippen LogP contribution in [0.15, 0.2) is 53.2 Å². The Balaban J connectivity index is 1.06. The third-order valence-corrected chi connectivity index (χ3v) is 10.9. The fourth-order valence-corrected chi connectivity index (χ4v) is 8.14. The molecule has 8 rings (SSSR count). The van der Waals surface area contributed by atoms with E-state index in [9.17, 15) is 4.79 Å². The van der Waals surface area contributed by atoms with E-state index >= 15 is 4.39 Å². The minimum absolute atomic E-state index is 0.0252. The fourth-order valence-electron chi connectivity index (χ4n) is 7.85. The molecule has 0 unspecified atom stereocenters. The third kappa shape index (κ3) is 6.29. The van der Waals surface area contributed by atoms with Gasteiger partial charge in [-0.1, -0.05) is 60.9 Å². The number of ether oxygens (including phenoxy) is 1. The number of benzene rings is 2. The summed E-state index contributed by atoms with van der Waals surface area (Å²) in [5.41, 5.74) is 0.869. The summed E-state index contributed by atoms with van der Waals surface area (Å²) in [5, 5.41) is 6.56. The number of carbonyl (C=O) groups is 1. The molecule has 0 radical (unpaired) electrons. The summed E-state index contributed by atoms with van der Waals surface area (Å²) >= 11 is 6.63. The second-order valence-electron chi connectivity index (χ2n) is 14.3. The quantitative estimate of drug-likeness (QED) is 0.144. The maximum atomic E-state index is 16.8. The Kier molecular flexibility index (Phi) is 8.83. The smallest absolute Gasteiger partial charge is 0.319 e. The number of anilines is 1. The van der Waals surface area contributed by atoms with Crippen molar-refractivity contribution in [3.8, 4) is 17.3 Å². The lowest BCUT2D eigenvalue weighted by Gasteiger charge is -2.40. The van der Waals surface area contributed by atoms with Crippen LogP contribution >= 0.6 is 11.6 Å². The van der Waals surface area contributed by atoms with E-state index in [2.05, 4.69) is 25.0 Å². The Hall–Kier alpha value is -4.68. The van der Waals surface area contributed by atoms with Crippen LogP contribution in [0.2, 0.25) is 5.02 Å². The van der Waals surface area contributed by atoms with Crippen molar-refractivity contribution in [1.29, 1.82) is 0 Å². The molecule has 1 amide bonds. The van der Waals surface area contributed by atoms with Crippen molar-refractivity contribution in [2.45, 2.75) is 51.0 Å². The van der Waals surface area contributed by atoms with Gasteiger partial charge in [-0.2, -0.15) is 15.0 Å². The van der Waals surface area contributed by atoms with Crippen LogP contribution in [0.5, 0.6) is 6.01 Å². The number of halogens is 2. The predicted molar refractivity (Wildman–Crippen MR) is 194 cm³/mol.